The molecule has 0 bridgehead atoms. The van der Waals surface area contributed by atoms with Crippen LogP contribution < -0.4 is 5.32 Å². The van der Waals surface area contributed by atoms with Gasteiger partial charge in [-0.2, -0.15) is 5.26 Å². The fraction of sp³-hybridized carbons (Fsp3) is 0.167. The molecule has 2 aromatic rings. The largest absolute Gasteiger partial charge is 0.330 e. The summed E-state index contributed by atoms with van der Waals surface area (Å²) in [6.07, 6.45) is 0. The number of hydrogen-bond acceptors (Lipinski definition) is 3. The van der Waals surface area contributed by atoms with Gasteiger partial charge in [-0.05, 0) is 43.3 Å². The van der Waals surface area contributed by atoms with Gasteiger partial charge in [-0.1, -0.05) is 29.3 Å². The van der Waals surface area contributed by atoms with Crippen molar-refractivity contribution in [1.82, 2.24) is 4.90 Å². The lowest BCUT2D eigenvalue weighted by molar-refractivity contribution is -0.116. The van der Waals surface area contributed by atoms with E-state index in [0.29, 0.717) is 33.4 Å². The molecular formula is C18H15Cl2N3O2. The summed E-state index contributed by atoms with van der Waals surface area (Å²) in [6.45, 7) is 1.98. The molecule has 0 aliphatic rings. The van der Waals surface area contributed by atoms with Gasteiger partial charge in [0.05, 0.1) is 27.4 Å². The second-order valence-corrected chi connectivity index (χ2v) is 5.97. The molecule has 2 amide bonds. The molecule has 1 N–H and O–H groups in total. The lowest BCUT2D eigenvalue weighted by atomic mass is 10.1. The van der Waals surface area contributed by atoms with E-state index in [1.54, 1.807) is 49.4 Å². The van der Waals surface area contributed by atoms with Gasteiger partial charge in [0.25, 0.3) is 5.91 Å². The Morgan fingerprint density at radius 3 is 2.24 bits per heavy atom. The summed E-state index contributed by atoms with van der Waals surface area (Å²) in [6, 6.07) is 13.1. The van der Waals surface area contributed by atoms with Gasteiger partial charge in [0.15, 0.2) is 0 Å². The molecule has 0 aliphatic heterocycles. The average molecular weight is 376 g/mol. The summed E-state index contributed by atoms with van der Waals surface area (Å²) in [5.41, 5.74) is 1.19. The van der Waals surface area contributed by atoms with Gasteiger partial charge in [-0.3, -0.25) is 9.59 Å². The zero-order valence-corrected chi connectivity index (χ0v) is 14.9. The van der Waals surface area contributed by atoms with Crippen LogP contribution in [0.3, 0.4) is 0 Å². The van der Waals surface area contributed by atoms with Crippen LogP contribution in [0, 0.1) is 11.3 Å². The van der Waals surface area contributed by atoms with E-state index < -0.39 is 5.91 Å². The van der Waals surface area contributed by atoms with Crippen molar-refractivity contribution in [2.75, 3.05) is 18.4 Å². The third kappa shape index (κ3) is 4.72. The Kier molecular flexibility index (Phi) is 6.40. The van der Waals surface area contributed by atoms with Crippen LogP contribution >= 0.6 is 23.2 Å². The third-order valence-electron chi connectivity index (χ3n) is 3.49. The number of nitriles is 1. The standard InChI is InChI=1S/C18H15Cl2N3O2/c1-2-23(18(25)13-8-6-12(10-21)7-9-13)11-16(24)22-17-14(19)4-3-5-15(17)20/h3-9H,2,11H2,1H3,(H,22,24). The van der Waals surface area contributed by atoms with Crippen molar-refractivity contribution in [3.8, 4) is 6.07 Å². The van der Waals surface area contributed by atoms with Crippen LogP contribution in [0.1, 0.15) is 22.8 Å². The van der Waals surface area contributed by atoms with Crippen LogP contribution in [0.2, 0.25) is 10.0 Å². The quantitative estimate of drug-likeness (QED) is 0.858. The van der Waals surface area contributed by atoms with E-state index in [4.69, 9.17) is 28.5 Å². The minimum absolute atomic E-state index is 0.142. The first kappa shape index (κ1) is 18.8. The van der Waals surface area contributed by atoms with Crippen molar-refractivity contribution in [2.45, 2.75) is 6.92 Å². The van der Waals surface area contributed by atoms with Crippen LogP contribution in [-0.2, 0) is 4.79 Å². The highest BCUT2D eigenvalue weighted by atomic mass is 35.5. The molecule has 0 saturated carbocycles. The fourth-order valence-electron chi connectivity index (χ4n) is 2.17. The maximum absolute atomic E-state index is 12.5. The number of carbonyl (C=O) groups is 2. The van der Waals surface area contributed by atoms with Crippen molar-refractivity contribution < 1.29 is 9.59 Å². The topological polar surface area (TPSA) is 73.2 Å². The number of hydrogen-bond donors (Lipinski definition) is 1. The molecule has 0 aliphatic carbocycles. The number of halogens is 2. The SMILES string of the molecule is CCN(CC(=O)Nc1c(Cl)cccc1Cl)C(=O)c1ccc(C#N)cc1. The van der Waals surface area contributed by atoms with Gasteiger partial charge in [-0.15, -0.1) is 0 Å². The lowest BCUT2D eigenvalue weighted by Gasteiger charge is -2.21. The summed E-state index contributed by atoms with van der Waals surface area (Å²) < 4.78 is 0. The van der Waals surface area contributed by atoms with E-state index in [1.807, 2.05) is 6.07 Å². The number of anilines is 1. The summed E-state index contributed by atoms with van der Waals surface area (Å²) in [4.78, 5) is 26.2. The zero-order valence-electron chi connectivity index (χ0n) is 13.4. The highest BCUT2D eigenvalue weighted by Crippen LogP contribution is 2.29. The van der Waals surface area contributed by atoms with E-state index >= 15 is 0 Å². The second-order valence-electron chi connectivity index (χ2n) is 5.15. The molecular weight excluding hydrogens is 361 g/mol. The van der Waals surface area contributed by atoms with Crippen LogP contribution in [-0.4, -0.2) is 29.8 Å². The van der Waals surface area contributed by atoms with E-state index in [2.05, 4.69) is 5.32 Å². The number of amides is 2. The van der Waals surface area contributed by atoms with E-state index in [1.165, 1.54) is 4.90 Å². The number of nitrogens with zero attached hydrogens (tertiary/aromatic N) is 2. The van der Waals surface area contributed by atoms with Crippen LogP contribution in [0.25, 0.3) is 0 Å². The molecule has 0 unspecified atom stereocenters. The van der Waals surface area contributed by atoms with E-state index in [9.17, 15) is 9.59 Å². The van der Waals surface area contributed by atoms with Crippen LogP contribution in [0.15, 0.2) is 42.5 Å². The lowest BCUT2D eigenvalue weighted by Crippen LogP contribution is -2.37. The predicted molar refractivity (Wildman–Crippen MR) is 97.8 cm³/mol. The number of para-hydroxylation sites is 1. The van der Waals surface area contributed by atoms with Gasteiger partial charge < -0.3 is 10.2 Å². The first-order valence-electron chi connectivity index (χ1n) is 7.49. The molecule has 5 nitrogen and oxygen atoms in total. The van der Waals surface area contributed by atoms with Crippen molar-refractivity contribution >= 4 is 40.7 Å². The Labute approximate surface area is 155 Å². The van der Waals surface area contributed by atoms with Crippen LogP contribution in [0.4, 0.5) is 5.69 Å². The molecule has 128 valence electrons. The Balaban J connectivity index is 2.09. The number of carbonyl (C=O) groups excluding carboxylic acids is 2. The first-order valence-corrected chi connectivity index (χ1v) is 8.25. The number of likely N-dealkylation sites (N-methyl/N-ethyl adjacent to an activating group) is 1. The molecule has 0 heterocycles. The molecule has 0 saturated heterocycles. The number of benzene rings is 2. The number of nitrogens with one attached hydrogen (secondary N) is 1. The van der Waals surface area contributed by atoms with Gasteiger partial charge in [0, 0.05) is 12.1 Å². The summed E-state index contributed by atoms with van der Waals surface area (Å²) >= 11 is 12.0. The molecule has 0 spiro atoms. The highest BCUT2D eigenvalue weighted by Gasteiger charge is 2.18. The molecule has 0 radical (unpaired) electrons. The maximum Gasteiger partial charge on any atom is 0.254 e. The minimum atomic E-state index is -0.404. The predicted octanol–water partition coefficient (Wildman–Crippen LogP) is 3.97. The molecule has 0 fully saturated rings. The average Bonchev–Trinajstić information content (AvgIpc) is 2.62. The zero-order chi connectivity index (χ0) is 18.4. The minimum Gasteiger partial charge on any atom is -0.330 e. The Bertz CT molecular complexity index is 809. The first-order chi connectivity index (χ1) is 12.0. The van der Waals surface area contributed by atoms with Crippen molar-refractivity contribution in [3.63, 3.8) is 0 Å². The van der Waals surface area contributed by atoms with Crippen molar-refractivity contribution in [3.05, 3.63) is 63.6 Å². The Hall–Kier alpha value is -2.55. The molecule has 7 heteroatoms. The third-order valence-corrected chi connectivity index (χ3v) is 4.12. The van der Waals surface area contributed by atoms with Gasteiger partial charge in [-0.25, -0.2) is 0 Å². The normalized spacial score (nSPS) is 10.0. The maximum atomic E-state index is 12.5. The van der Waals surface area contributed by atoms with Gasteiger partial charge >= 0.3 is 0 Å². The molecule has 0 aromatic heterocycles. The summed E-state index contributed by atoms with van der Waals surface area (Å²) in [7, 11) is 0. The van der Waals surface area contributed by atoms with Crippen molar-refractivity contribution in [1.29, 1.82) is 5.26 Å². The Morgan fingerprint density at radius 2 is 1.72 bits per heavy atom. The van der Waals surface area contributed by atoms with Gasteiger partial charge in [0.2, 0.25) is 5.91 Å². The fourth-order valence-corrected chi connectivity index (χ4v) is 2.66. The molecule has 25 heavy (non-hydrogen) atoms. The van der Waals surface area contributed by atoms with Crippen LogP contribution in [0.5, 0.6) is 0 Å². The van der Waals surface area contributed by atoms with Gasteiger partial charge in [0.1, 0.15) is 6.54 Å². The molecule has 2 rings (SSSR count). The monoisotopic (exact) mass is 375 g/mol. The van der Waals surface area contributed by atoms with E-state index in [-0.39, 0.29) is 12.5 Å². The number of rotatable bonds is 5. The van der Waals surface area contributed by atoms with Crippen molar-refractivity contribution in [2.24, 2.45) is 0 Å². The Morgan fingerprint density at radius 1 is 1.12 bits per heavy atom. The van der Waals surface area contributed by atoms with E-state index in [0.717, 1.165) is 0 Å². The molecule has 0 atom stereocenters. The summed E-state index contributed by atoms with van der Waals surface area (Å²) in [5.74, 6) is -0.703. The highest BCUT2D eigenvalue weighted by molar-refractivity contribution is 6.39. The summed E-state index contributed by atoms with van der Waals surface area (Å²) in [5, 5.41) is 12.1. The smallest absolute Gasteiger partial charge is 0.254 e. The second kappa shape index (κ2) is 8.52. The molecule has 2 aromatic carbocycles.